The van der Waals surface area contributed by atoms with Crippen LogP contribution in [0.4, 0.5) is 5.69 Å². The van der Waals surface area contributed by atoms with E-state index in [1.807, 2.05) is 23.6 Å². The smallest absolute Gasteiger partial charge is 0.270 e. The Morgan fingerprint density at radius 3 is 2.61 bits per heavy atom. The van der Waals surface area contributed by atoms with Crippen molar-refractivity contribution in [2.75, 3.05) is 5.75 Å². The summed E-state index contributed by atoms with van der Waals surface area (Å²) in [5, 5.41) is 20.6. The molecule has 2 aromatic carbocycles. The van der Waals surface area contributed by atoms with Gasteiger partial charge < -0.3 is 4.57 Å². The number of nitro groups is 1. The number of non-ortho nitro benzene ring substituents is 1. The molecular formula is C18H14BrClN4O3S. The molecule has 0 radical (unpaired) electrons. The molecule has 0 amide bonds. The number of nitrogens with zero attached hydrogens (tertiary/aromatic N) is 4. The van der Waals surface area contributed by atoms with Crippen LogP contribution in [0.2, 0.25) is 5.02 Å². The highest BCUT2D eigenvalue weighted by Crippen LogP contribution is 2.28. The summed E-state index contributed by atoms with van der Waals surface area (Å²) in [6, 6.07) is 11.4. The second kappa shape index (κ2) is 8.85. The Kier molecular flexibility index (Phi) is 6.48. The average molecular weight is 482 g/mol. The summed E-state index contributed by atoms with van der Waals surface area (Å²) < 4.78 is 2.42. The van der Waals surface area contributed by atoms with Crippen LogP contribution in [0.3, 0.4) is 0 Å². The minimum atomic E-state index is -0.525. The number of aromatic nitrogens is 3. The monoisotopic (exact) mass is 480 g/mol. The zero-order valence-corrected chi connectivity index (χ0v) is 17.8. The van der Waals surface area contributed by atoms with Crippen molar-refractivity contribution in [3.63, 3.8) is 0 Å². The quantitative estimate of drug-likeness (QED) is 0.198. The first-order chi connectivity index (χ1) is 13.4. The van der Waals surface area contributed by atoms with E-state index in [-0.39, 0.29) is 22.8 Å². The van der Waals surface area contributed by atoms with E-state index in [2.05, 4.69) is 26.1 Å². The zero-order valence-electron chi connectivity index (χ0n) is 14.6. The normalized spacial score (nSPS) is 10.8. The summed E-state index contributed by atoms with van der Waals surface area (Å²) in [5.74, 6) is 0.531. The van der Waals surface area contributed by atoms with E-state index in [9.17, 15) is 14.9 Å². The van der Waals surface area contributed by atoms with E-state index in [1.165, 1.54) is 30.0 Å². The van der Waals surface area contributed by atoms with E-state index in [1.54, 1.807) is 12.1 Å². The second-order valence-corrected chi connectivity index (χ2v) is 7.92. The van der Waals surface area contributed by atoms with Gasteiger partial charge in [0, 0.05) is 39.3 Å². The summed E-state index contributed by atoms with van der Waals surface area (Å²) in [4.78, 5) is 23.0. The molecule has 28 heavy (non-hydrogen) atoms. The highest BCUT2D eigenvalue weighted by atomic mass is 79.9. The Hall–Kier alpha value is -2.23. The molecular weight excluding hydrogens is 468 g/mol. The standard InChI is InChI=1S/C18H14BrClN4O3S/c1-2-23-17(11-3-5-12(20)6-4-11)21-22-18(23)28-10-16(25)14-9-13(24(26)27)7-8-15(14)19/h3-9H,2,10H2,1H3. The van der Waals surface area contributed by atoms with Crippen molar-refractivity contribution in [3.05, 3.63) is 67.6 Å². The molecule has 0 N–H and O–H groups in total. The molecule has 0 saturated carbocycles. The lowest BCUT2D eigenvalue weighted by molar-refractivity contribution is -0.384. The first kappa shape index (κ1) is 20.5. The van der Waals surface area contributed by atoms with Crippen LogP contribution in [-0.2, 0) is 6.54 Å². The molecule has 0 atom stereocenters. The summed E-state index contributed by atoms with van der Waals surface area (Å²) in [7, 11) is 0. The van der Waals surface area contributed by atoms with E-state index in [0.29, 0.717) is 27.0 Å². The largest absolute Gasteiger partial charge is 0.302 e. The van der Waals surface area contributed by atoms with E-state index < -0.39 is 4.92 Å². The topological polar surface area (TPSA) is 90.9 Å². The summed E-state index contributed by atoms with van der Waals surface area (Å²) in [6.45, 7) is 2.59. The Labute approximate surface area is 178 Å². The lowest BCUT2D eigenvalue weighted by Crippen LogP contribution is -2.06. The van der Waals surface area contributed by atoms with Gasteiger partial charge in [0.1, 0.15) is 0 Å². The highest BCUT2D eigenvalue weighted by Gasteiger charge is 2.18. The van der Waals surface area contributed by atoms with Gasteiger partial charge in [-0.05, 0) is 37.3 Å². The van der Waals surface area contributed by atoms with Gasteiger partial charge >= 0.3 is 0 Å². The zero-order chi connectivity index (χ0) is 20.3. The SMILES string of the molecule is CCn1c(SCC(=O)c2cc([N+](=O)[O-])ccc2Br)nnc1-c1ccc(Cl)cc1. The number of Topliss-reactive ketones (excluding diaryl/α,β-unsaturated/α-hetero) is 1. The molecule has 7 nitrogen and oxygen atoms in total. The van der Waals surface area contributed by atoms with Gasteiger partial charge in [-0.3, -0.25) is 14.9 Å². The van der Waals surface area contributed by atoms with Crippen LogP contribution in [0.5, 0.6) is 0 Å². The Balaban J connectivity index is 1.80. The number of nitro benzene ring substituents is 1. The van der Waals surface area contributed by atoms with Gasteiger partial charge in [-0.15, -0.1) is 10.2 Å². The molecule has 0 fully saturated rings. The molecule has 3 rings (SSSR count). The predicted molar refractivity (Wildman–Crippen MR) is 112 cm³/mol. The van der Waals surface area contributed by atoms with E-state index in [0.717, 1.165) is 5.56 Å². The van der Waals surface area contributed by atoms with Gasteiger partial charge in [-0.2, -0.15) is 0 Å². The van der Waals surface area contributed by atoms with Crippen molar-refractivity contribution in [2.45, 2.75) is 18.6 Å². The van der Waals surface area contributed by atoms with Crippen molar-refractivity contribution in [3.8, 4) is 11.4 Å². The molecule has 3 aromatic rings. The molecule has 10 heteroatoms. The van der Waals surface area contributed by atoms with Gasteiger partial charge in [0.05, 0.1) is 10.7 Å². The molecule has 0 spiro atoms. The Bertz CT molecular complexity index is 1040. The van der Waals surface area contributed by atoms with Crippen molar-refractivity contribution in [2.24, 2.45) is 0 Å². The molecule has 0 bridgehead atoms. The number of carbonyl (C=O) groups is 1. The minimum Gasteiger partial charge on any atom is -0.302 e. The van der Waals surface area contributed by atoms with Gasteiger partial charge in [0.25, 0.3) is 5.69 Å². The first-order valence-electron chi connectivity index (χ1n) is 8.19. The summed E-state index contributed by atoms with van der Waals surface area (Å²) >= 11 is 10.5. The Morgan fingerprint density at radius 1 is 1.25 bits per heavy atom. The maximum Gasteiger partial charge on any atom is 0.270 e. The van der Waals surface area contributed by atoms with Gasteiger partial charge in [-0.1, -0.05) is 39.3 Å². The number of thioether (sulfide) groups is 1. The fourth-order valence-corrected chi connectivity index (χ4v) is 4.02. The molecule has 0 aliphatic carbocycles. The number of ketones is 1. The van der Waals surface area contributed by atoms with Crippen LogP contribution < -0.4 is 0 Å². The van der Waals surface area contributed by atoms with Crippen molar-refractivity contribution in [1.82, 2.24) is 14.8 Å². The second-order valence-electron chi connectivity index (χ2n) is 5.69. The van der Waals surface area contributed by atoms with Crippen LogP contribution in [0.15, 0.2) is 52.1 Å². The number of carbonyl (C=O) groups excluding carboxylic acids is 1. The third-order valence-electron chi connectivity index (χ3n) is 3.93. The third kappa shape index (κ3) is 4.43. The number of rotatable bonds is 7. The van der Waals surface area contributed by atoms with Crippen LogP contribution in [0.1, 0.15) is 17.3 Å². The molecule has 0 aliphatic rings. The number of hydrogen-bond acceptors (Lipinski definition) is 6. The lowest BCUT2D eigenvalue weighted by Gasteiger charge is -2.08. The molecule has 0 unspecified atom stereocenters. The summed E-state index contributed by atoms with van der Waals surface area (Å²) in [5.41, 5.74) is 1.01. The third-order valence-corrected chi connectivity index (χ3v) is 5.84. The minimum absolute atomic E-state index is 0.0819. The maximum absolute atomic E-state index is 12.6. The van der Waals surface area contributed by atoms with Gasteiger partial charge in [0.2, 0.25) is 0 Å². The number of halogens is 2. The number of benzene rings is 2. The van der Waals surface area contributed by atoms with Crippen LogP contribution >= 0.6 is 39.3 Å². The highest BCUT2D eigenvalue weighted by molar-refractivity contribution is 9.10. The van der Waals surface area contributed by atoms with Crippen molar-refractivity contribution in [1.29, 1.82) is 0 Å². The average Bonchev–Trinajstić information content (AvgIpc) is 3.09. The molecule has 144 valence electrons. The fourth-order valence-electron chi connectivity index (χ4n) is 2.54. The first-order valence-corrected chi connectivity index (χ1v) is 10.4. The molecule has 1 heterocycles. The van der Waals surface area contributed by atoms with Crippen LogP contribution in [0, 0.1) is 10.1 Å². The Morgan fingerprint density at radius 2 is 1.96 bits per heavy atom. The van der Waals surface area contributed by atoms with E-state index in [4.69, 9.17) is 11.6 Å². The van der Waals surface area contributed by atoms with E-state index >= 15 is 0 Å². The fraction of sp³-hybridized carbons (Fsp3) is 0.167. The maximum atomic E-state index is 12.6. The summed E-state index contributed by atoms with van der Waals surface area (Å²) in [6.07, 6.45) is 0. The number of hydrogen-bond donors (Lipinski definition) is 0. The van der Waals surface area contributed by atoms with Gasteiger partial charge in [-0.25, -0.2) is 0 Å². The van der Waals surface area contributed by atoms with Crippen LogP contribution in [-0.4, -0.2) is 31.2 Å². The van der Waals surface area contributed by atoms with Crippen molar-refractivity contribution >= 4 is 50.8 Å². The molecule has 0 saturated heterocycles. The predicted octanol–water partition coefficient (Wildman–Crippen LogP) is 5.26. The van der Waals surface area contributed by atoms with Crippen LogP contribution in [0.25, 0.3) is 11.4 Å². The van der Waals surface area contributed by atoms with Gasteiger partial charge in [0.15, 0.2) is 16.8 Å². The van der Waals surface area contributed by atoms with Crippen molar-refractivity contribution < 1.29 is 9.72 Å². The molecule has 1 aromatic heterocycles. The molecule has 0 aliphatic heterocycles. The lowest BCUT2D eigenvalue weighted by atomic mass is 10.1.